The molecule has 0 aromatic heterocycles. The van der Waals surface area contributed by atoms with Gasteiger partial charge in [0.25, 0.3) is 0 Å². The zero-order valence-electron chi connectivity index (χ0n) is 12.2. The van der Waals surface area contributed by atoms with E-state index in [1.807, 2.05) is 0 Å². The molecule has 1 heterocycles. The van der Waals surface area contributed by atoms with Crippen LogP contribution in [0.1, 0.15) is 17.5 Å². The molecule has 2 rings (SSSR count). The van der Waals surface area contributed by atoms with Gasteiger partial charge in [-0.2, -0.15) is 4.31 Å². The smallest absolute Gasteiger partial charge is 0.243 e. The highest BCUT2D eigenvalue weighted by atomic mass is 32.2. The molecule has 0 radical (unpaired) electrons. The molecule has 1 aliphatic heterocycles. The van der Waals surface area contributed by atoms with Gasteiger partial charge >= 0.3 is 0 Å². The minimum atomic E-state index is -3.75. The van der Waals surface area contributed by atoms with Gasteiger partial charge in [0.15, 0.2) is 0 Å². The number of aliphatic hydroxyl groups is 1. The predicted octanol–water partition coefficient (Wildman–Crippen LogP) is 1.28. The van der Waals surface area contributed by atoms with Crippen molar-refractivity contribution < 1.29 is 22.7 Å². The minimum Gasteiger partial charge on any atom is -0.392 e. The highest BCUT2D eigenvalue weighted by molar-refractivity contribution is 7.89. The third-order valence-electron chi connectivity index (χ3n) is 3.81. The Bertz CT molecular complexity index is 618. The van der Waals surface area contributed by atoms with Gasteiger partial charge in [-0.1, -0.05) is 0 Å². The van der Waals surface area contributed by atoms with Crippen molar-refractivity contribution in [2.45, 2.75) is 24.8 Å². The largest absolute Gasteiger partial charge is 0.392 e. The fourth-order valence-electron chi connectivity index (χ4n) is 2.59. The van der Waals surface area contributed by atoms with Gasteiger partial charge in [-0.3, -0.25) is 0 Å². The Morgan fingerprint density at radius 1 is 1.48 bits per heavy atom. The third kappa shape index (κ3) is 3.26. The predicted molar refractivity (Wildman–Crippen MR) is 75.8 cm³/mol. The lowest BCUT2D eigenvalue weighted by molar-refractivity contribution is 0.157. The van der Waals surface area contributed by atoms with Gasteiger partial charge in [0.05, 0.1) is 18.1 Å². The van der Waals surface area contributed by atoms with Crippen molar-refractivity contribution in [2.75, 3.05) is 26.8 Å². The van der Waals surface area contributed by atoms with Crippen LogP contribution < -0.4 is 0 Å². The highest BCUT2D eigenvalue weighted by Gasteiger charge is 2.34. The van der Waals surface area contributed by atoms with E-state index in [-0.39, 0.29) is 21.9 Å². The topological polar surface area (TPSA) is 66.8 Å². The second-order valence-electron chi connectivity index (χ2n) is 5.33. The van der Waals surface area contributed by atoms with Gasteiger partial charge in [-0.25, -0.2) is 12.8 Å². The summed E-state index contributed by atoms with van der Waals surface area (Å²) < 4.78 is 45.6. The number of hydrogen-bond donors (Lipinski definition) is 1. The molecule has 7 heteroatoms. The summed E-state index contributed by atoms with van der Waals surface area (Å²) >= 11 is 0. The molecule has 1 saturated heterocycles. The number of ether oxygens (including phenoxy) is 1. The minimum absolute atomic E-state index is 0.0652. The van der Waals surface area contributed by atoms with E-state index in [2.05, 4.69) is 0 Å². The van der Waals surface area contributed by atoms with Crippen molar-refractivity contribution in [3.8, 4) is 0 Å². The fraction of sp³-hybridized carbons (Fsp3) is 0.571. The molecule has 1 unspecified atom stereocenters. The maximum atomic E-state index is 13.8. The van der Waals surface area contributed by atoms with Crippen LogP contribution in [0.25, 0.3) is 0 Å². The zero-order valence-corrected chi connectivity index (χ0v) is 13.0. The molecule has 1 aromatic carbocycles. The Morgan fingerprint density at radius 3 is 2.81 bits per heavy atom. The normalized spacial score (nSPS) is 20.1. The van der Waals surface area contributed by atoms with E-state index in [0.717, 1.165) is 12.5 Å². The number of halogens is 1. The first-order chi connectivity index (χ1) is 9.90. The van der Waals surface area contributed by atoms with E-state index >= 15 is 0 Å². The Balaban J connectivity index is 2.34. The summed E-state index contributed by atoms with van der Waals surface area (Å²) in [6.07, 6.45) is 0.730. The van der Waals surface area contributed by atoms with Crippen LogP contribution in [0.15, 0.2) is 17.0 Å². The number of rotatable bonds is 5. The Kier molecular flexibility index (Phi) is 4.98. The second kappa shape index (κ2) is 6.39. The zero-order chi connectivity index (χ0) is 15.6. The van der Waals surface area contributed by atoms with E-state index in [9.17, 15) is 12.8 Å². The van der Waals surface area contributed by atoms with Crippen molar-refractivity contribution in [3.05, 3.63) is 29.1 Å². The monoisotopic (exact) mass is 317 g/mol. The van der Waals surface area contributed by atoms with E-state index < -0.39 is 22.4 Å². The van der Waals surface area contributed by atoms with Gasteiger partial charge in [0.1, 0.15) is 5.82 Å². The van der Waals surface area contributed by atoms with Gasteiger partial charge in [-0.05, 0) is 37.0 Å². The summed E-state index contributed by atoms with van der Waals surface area (Å²) in [5.74, 6) is -0.455. The summed E-state index contributed by atoms with van der Waals surface area (Å²) in [6.45, 7) is 2.33. The van der Waals surface area contributed by atoms with Crippen LogP contribution in [0, 0.1) is 18.7 Å². The van der Waals surface area contributed by atoms with Crippen molar-refractivity contribution in [1.82, 2.24) is 4.31 Å². The van der Waals surface area contributed by atoms with Crippen molar-refractivity contribution in [3.63, 3.8) is 0 Å². The van der Waals surface area contributed by atoms with Crippen LogP contribution in [-0.4, -0.2) is 44.6 Å². The molecule has 0 aliphatic carbocycles. The average molecular weight is 317 g/mol. The molecular weight excluding hydrogens is 297 g/mol. The van der Waals surface area contributed by atoms with E-state index in [1.54, 1.807) is 7.11 Å². The molecule has 1 aromatic rings. The molecule has 118 valence electrons. The van der Waals surface area contributed by atoms with E-state index in [0.29, 0.717) is 19.7 Å². The molecule has 0 spiro atoms. The summed E-state index contributed by atoms with van der Waals surface area (Å²) in [5.41, 5.74) is 0.340. The van der Waals surface area contributed by atoms with Gasteiger partial charge in [-0.15, -0.1) is 0 Å². The lowest BCUT2D eigenvalue weighted by atomic mass is 10.1. The molecular formula is C14H20FNO4S. The van der Waals surface area contributed by atoms with Crippen LogP contribution in [0.2, 0.25) is 0 Å². The van der Waals surface area contributed by atoms with Crippen LogP contribution in [0.5, 0.6) is 0 Å². The number of aliphatic hydroxyl groups excluding tert-OH is 1. The van der Waals surface area contributed by atoms with Crippen LogP contribution >= 0.6 is 0 Å². The molecule has 1 aliphatic rings. The molecule has 21 heavy (non-hydrogen) atoms. The van der Waals surface area contributed by atoms with Crippen LogP contribution in [0.3, 0.4) is 0 Å². The SMILES string of the molecule is COCC1CCN(S(=O)(=O)c2cc(CO)cc(F)c2C)C1. The number of hydrogen-bond acceptors (Lipinski definition) is 4. The van der Waals surface area contributed by atoms with Crippen LogP contribution in [-0.2, 0) is 21.4 Å². The van der Waals surface area contributed by atoms with E-state index in [4.69, 9.17) is 9.84 Å². The molecule has 0 amide bonds. The summed E-state index contributed by atoms with van der Waals surface area (Å²) in [7, 11) is -2.16. The first kappa shape index (κ1) is 16.4. The lowest BCUT2D eigenvalue weighted by Gasteiger charge is -2.19. The average Bonchev–Trinajstić information content (AvgIpc) is 2.91. The van der Waals surface area contributed by atoms with Crippen molar-refractivity contribution in [2.24, 2.45) is 5.92 Å². The van der Waals surface area contributed by atoms with Gasteiger partial charge < -0.3 is 9.84 Å². The number of sulfonamides is 1. The van der Waals surface area contributed by atoms with Gasteiger partial charge in [0.2, 0.25) is 10.0 Å². The third-order valence-corrected chi connectivity index (χ3v) is 5.80. The van der Waals surface area contributed by atoms with Crippen molar-refractivity contribution in [1.29, 1.82) is 0 Å². The Labute approximate surface area is 124 Å². The fourth-order valence-corrected chi connectivity index (χ4v) is 4.41. The van der Waals surface area contributed by atoms with Crippen LogP contribution in [0.4, 0.5) is 4.39 Å². The quantitative estimate of drug-likeness (QED) is 0.888. The summed E-state index contributed by atoms with van der Waals surface area (Å²) in [5, 5.41) is 9.13. The highest BCUT2D eigenvalue weighted by Crippen LogP contribution is 2.28. The molecule has 5 nitrogen and oxygen atoms in total. The molecule has 1 atom stereocenters. The van der Waals surface area contributed by atoms with E-state index in [1.165, 1.54) is 17.3 Å². The molecule has 1 fully saturated rings. The molecule has 0 bridgehead atoms. The molecule has 1 N–H and O–H groups in total. The van der Waals surface area contributed by atoms with Crippen molar-refractivity contribution >= 4 is 10.0 Å². The second-order valence-corrected chi connectivity index (χ2v) is 7.24. The Morgan fingerprint density at radius 2 is 2.19 bits per heavy atom. The number of methoxy groups -OCH3 is 1. The maximum absolute atomic E-state index is 13.8. The lowest BCUT2D eigenvalue weighted by Crippen LogP contribution is -2.30. The summed E-state index contributed by atoms with van der Waals surface area (Å²) in [6, 6.07) is 2.50. The first-order valence-corrected chi connectivity index (χ1v) is 8.23. The van der Waals surface area contributed by atoms with Gasteiger partial charge in [0, 0.05) is 25.8 Å². The first-order valence-electron chi connectivity index (χ1n) is 6.79. The maximum Gasteiger partial charge on any atom is 0.243 e. The molecule has 0 saturated carbocycles. The standard InChI is InChI=1S/C14H20FNO4S/c1-10-13(15)5-12(8-17)6-14(10)21(18,19)16-4-3-11(7-16)9-20-2/h5-6,11,17H,3-4,7-9H2,1-2H3. The Hall–Kier alpha value is -1.02. The summed E-state index contributed by atoms with van der Waals surface area (Å²) in [4.78, 5) is -0.0652. The number of benzene rings is 1. The number of nitrogens with zero attached hydrogens (tertiary/aromatic N) is 1.